The molecule has 2 aromatic heterocycles. The van der Waals surface area contributed by atoms with Crippen LogP contribution in [0.15, 0.2) is 61.1 Å². The number of anilines is 1. The van der Waals surface area contributed by atoms with Crippen LogP contribution in [0.1, 0.15) is 29.4 Å². The van der Waals surface area contributed by atoms with Gasteiger partial charge in [-0.15, -0.1) is 0 Å². The molecule has 0 aliphatic carbocycles. The monoisotopic (exact) mass is 377 g/mol. The van der Waals surface area contributed by atoms with E-state index in [1.165, 1.54) is 11.0 Å². The number of aromatic nitrogens is 2. The molecule has 3 rings (SSSR count). The lowest BCUT2D eigenvalue weighted by Crippen LogP contribution is -2.25. The maximum atomic E-state index is 14.5. The first-order valence-electron chi connectivity index (χ1n) is 8.94. The second kappa shape index (κ2) is 8.52. The van der Waals surface area contributed by atoms with Crippen LogP contribution in [0.25, 0.3) is 11.1 Å². The van der Waals surface area contributed by atoms with Gasteiger partial charge in [-0.05, 0) is 41.5 Å². The summed E-state index contributed by atoms with van der Waals surface area (Å²) in [4.78, 5) is 33.6. The van der Waals surface area contributed by atoms with E-state index < -0.39 is 5.82 Å². The zero-order valence-electron chi connectivity index (χ0n) is 15.7. The molecule has 0 unspecified atom stereocenters. The molecule has 2 heterocycles. The standard InChI is InChI=1S/C22H20FN3O2/c1-3-22(28)26(2)20-7-5-16(13-18(20)23)17-4-6-19(25-14-17)21(27)12-15-8-10-24-11-9-15/h4-11,13-14H,3,12H2,1-2H3. The Kier molecular flexibility index (Phi) is 5.89. The van der Waals surface area contributed by atoms with Crippen LogP contribution < -0.4 is 4.90 Å². The lowest BCUT2D eigenvalue weighted by atomic mass is 10.0. The third-order valence-corrected chi connectivity index (χ3v) is 4.48. The number of Topliss-reactive ketones (excluding diaryl/α,β-unsaturated/α-hetero) is 1. The largest absolute Gasteiger partial charge is 0.313 e. The summed E-state index contributed by atoms with van der Waals surface area (Å²) in [7, 11) is 1.55. The highest BCUT2D eigenvalue weighted by Gasteiger charge is 2.15. The Balaban J connectivity index is 1.77. The number of nitrogens with zero attached hydrogens (tertiary/aromatic N) is 3. The SMILES string of the molecule is CCC(=O)N(C)c1ccc(-c2ccc(C(=O)Cc3ccncc3)nc2)cc1F. The molecule has 5 nitrogen and oxygen atoms in total. The summed E-state index contributed by atoms with van der Waals surface area (Å²) in [6, 6.07) is 11.6. The summed E-state index contributed by atoms with van der Waals surface area (Å²) < 4.78 is 14.5. The predicted molar refractivity (Wildman–Crippen MR) is 106 cm³/mol. The number of pyridine rings is 2. The average molecular weight is 377 g/mol. The van der Waals surface area contributed by atoms with Gasteiger partial charge in [0.1, 0.15) is 11.5 Å². The van der Waals surface area contributed by atoms with Crippen molar-refractivity contribution in [3.8, 4) is 11.1 Å². The number of benzene rings is 1. The molecule has 0 radical (unpaired) electrons. The van der Waals surface area contributed by atoms with Gasteiger partial charge >= 0.3 is 0 Å². The third-order valence-electron chi connectivity index (χ3n) is 4.48. The minimum Gasteiger partial charge on any atom is -0.313 e. The van der Waals surface area contributed by atoms with Crippen LogP contribution in [0.3, 0.4) is 0 Å². The fraction of sp³-hybridized carbons (Fsp3) is 0.182. The van der Waals surface area contributed by atoms with Crippen molar-refractivity contribution in [2.45, 2.75) is 19.8 Å². The molecular weight excluding hydrogens is 357 g/mol. The maximum absolute atomic E-state index is 14.5. The molecule has 0 aliphatic heterocycles. The van der Waals surface area contributed by atoms with Crippen molar-refractivity contribution in [2.24, 2.45) is 0 Å². The Bertz CT molecular complexity index is 988. The van der Waals surface area contributed by atoms with Gasteiger partial charge in [-0.3, -0.25) is 19.6 Å². The molecule has 1 aromatic carbocycles. The average Bonchev–Trinajstić information content (AvgIpc) is 2.73. The second-order valence-electron chi connectivity index (χ2n) is 6.36. The van der Waals surface area contributed by atoms with Gasteiger partial charge in [-0.1, -0.05) is 19.1 Å². The number of carbonyl (C=O) groups is 2. The van der Waals surface area contributed by atoms with Gasteiger partial charge < -0.3 is 4.90 Å². The zero-order chi connectivity index (χ0) is 20.1. The molecule has 0 aliphatic rings. The number of hydrogen-bond donors (Lipinski definition) is 0. The van der Waals surface area contributed by atoms with Crippen LogP contribution in [0.5, 0.6) is 0 Å². The Hall–Kier alpha value is -3.41. The Morgan fingerprint density at radius 2 is 1.75 bits per heavy atom. The van der Waals surface area contributed by atoms with Crippen LogP contribution in [0.4, 0.5) is 10.1 Å². The molecular formula is C22H20FN3O2. The number of carbonyl (C=O) groups excluding carboxylic acids is 2. The van der Waals surface area contributed by atoms with E-state index in [1.54, 1.807) is 69.0 Å². The van der Waals surface area contributed by atoms with Crippen molar-refractivity contribution in [2.75, 3.05) is 11.9 Å². The van der Waals surface area contributed by atoms with Gasteiger partial charge in [0.25, 0.3) is 0 Å². The van der Waals surface area contributed by atoms with E-state index in [1.807, 2.05) is 0 Å². The lowest BCUT2D eigenvalue weighted by molar-refractivity contribution is -0.118. The van der Waals surface area contributed by atoms with Crippen LogP contribution >= 0.6 is 0 Å². The zero-order valence-corrected chi connectivity index (χ0v) is 15.7. The third kappa shape index (κ3) is 4.28. The van der Waals surface area contributed by atoms with Crippen molar-refractivity contribution in [1.29, 1.82) is 0 Å². The fourth-order valence-corrected chi connectivity index (χ4v) is 2.84. The molecule has 0 saturated heterocycles. The normalized spacial score (nSPS) is 10.5. The van der Waals surface area contributed by atoms with Gasteiger partial charge in [0.2, 0.25) is 5.91 Å². The van der Waals surface area contributed by atoms with Gasteiger partial charge in [0.05, 0.1) is 5.69 Å². The van der Waals surface area contributed by atoms with Crippen molar-refractivity contribution >= 4 is 17.4 Å². The van der Waals surface area contributed by atoms with Gasteiger partial charge in [-0.2, -0.15) is 0 Å². The molecule has 0 atom stereocenters. The van der Waals surface area contributed by atoms with Crippen LogP contribution in [0, 0.1) is 5.82 Å². The van der Waals surface area contributed by atoms with Crippen molar-refractivity contribution in [1.82, 2.24) is 9.97 Å². The van der Waals surface area contributed by atoms with E-state index in [2.05, 4.69) is 9.97 Å². The van der Waals surface area contributed by atoms with E-state index in [4.69, 9.17) is 0 Å². The number of ketones is 1. The van der Waals surface area contributed by atoms with E-state index >= 15 is 0 Å². The van der Waals surface area contributed by atoms with Gasteiger partial charge in [0, 0.05) is 44.0 Å². The minimum atomic E-state index is -0.486. The Morgan fingerprint density at radius 1 is 1.04 bits per heavy atom. The number of hydrogen-bond acceptors (Lipinski definition) is 4. The van der Waals surface area contributed by atoms with E-state index in [-0.39, 0.29) is 23.8 Å². The molecule has 0 fully saturated rings. The molecule has 28 heavy (non-hydrogen) atoms. The molecule has 142 valence electrons. The van der Waals surface area contributed by atoms with E-state index in [0.717, 1.165) is 5.56 Å². The Labute approximate surface area is 162 Å². The molecule has 0 N–H and O–H groups in total. The molecule has 0 saturated carbocycles. The quantitative estimate of drug-likeness (QED) is 0.607. The lowest BCUT2D eigenvalue weighted by Gasteiger charge is -2.17. The summed E-state index contributed by atoms with van der Waals surface area (Å²) in [6.07, 6.45) is 5.38. The maximum Gasteiger partial charge on any atom is 0.226 e. The van der Waals surface area contributed by atoms with E-state index in [9.17, 15) is 14.0 Å². The highest BCUT2D eigenvalue weighted by Crippen LogP contribution is 2.26. The number of rotatable bonds is 6. The first-order valence-corrected chi connectivity index (χ1v) is 8.94. The van der Waals surface area contributed by atoms with E-state index in [0.29, 0.717) is 23.2 Å². The van der Waals surface area contributed by atoms with Gasteiger partial charge in [0.15, 0.2) is 5.78 Å². The first-order chi connectivity index (χ1) is 13.5. The van der Waals surface area contributed by atoms with Crippen molar-refractivity contribution < 1.29 is 14.0 Å². The minimum absolute atomic E-state index is 0.0982. The second-order valence-corrected chi connectivity index (χ2v) is 6.36. The summed E-state index contributed by atoms with van der Waals surface area (Å²) in [5.41, 5.74) is 2.77. The predicted octanol–water partition coefficient (Wildman–Crippen LogP) is 4.08. The Morgan fingerprint density at radius 3 is 2.36 bits per heavy atom. The number of amides is 1. The highest BCUT2D eigenvalue weighted by molar-refractivity contribution is 5.96. The molecule has 1 amide bonds. The fourth-order valence-electron chi connectivity index (χ4n) is 2.84. The molecule has 3 aromatic rings. The molecule has 0 bridgehead atoms. The van der Waals surface area contributed by atoms with Crippen LogP contribution in [0.2, 0.25) is 0 Å². The first kappa shape index (κ1) is 19.4. The summed E-state index contributed by atoms with van der Waals surface area (Å²) >= 11 is 0. The van der Waals surface area contributed by atoms with Crippen LogP contribution in [-0.2, 0) is 11.2 Å². The van der Waals surface area contributed by atoms with Crippen molar-refractivity contribution in [3.63, 3.8) is 0 Å². The number of halogens is 1. The summed E-state index contributed by atoms with van der Waals surface area (Å²) in [6.45, 7) is 1.73. The van der Waals surface area contributed by atoms with Crippen molar-refractivity contribution in [3.05, 3.63) is 78.1 Å². The molecule has 6 heteroatoms. The van der Waals surface area contributed by atoms with Crippen LogP contribution in [-0.4, -0.2) is 28.7 Å². The molecule has 0 spiro atoms. The topological polar surface area (TPSA) is 63.2 Å². The smallest absolute Gasteiger partial charge is 0.226 e. The highest BCUT2D eigenvalue weighted by atomic mass is 19.1. The summed E-state index contributed by atoms with van der Waals surface area (Å²) in [5, 5.41) is 0. The van der Waals surface area contributed by atoms with Gasteiger partial charge in [-0.25, -0.2) is 4.39 Å². The summed E-state index contributed by atoms with van der Waals surface area (Å²) in [5.74, 6) is -0.746.